The monoisotopic (exact) mass is 206 g/mol. The van der Waals surface area contributed by atoms with Crippen molar-refractivity contribution in [1.82, 2.24) is 9.97 Å². The summed E-state index contributed by atoms with van der Waals surface area (Å²) in [6, 6.07) is 1.78. The SMILES string of the molecule is Cc1cc(C)nc(N2CC(N)CC2=O)n1. The second-order valence-corrected chi connectivity index (χ2v) is 3.92. The molecule has 0 aliphatic carbocycles. The van der Waals surface area contributed by atoms with Crippen LogP contribution in [0.2, 0.25) is 0 Å². The van der Waals surface area contributed by atoms with Crippen LogP contribution in [0, 0.1) is 13.8 Å². The minimum Gasteiger partial charge on any atom is -0.326 e. The largest absolute Gasteiger partial charge is 0.326 e. The van der Waals surface area contributed by atoms with Crippen LogP contribution in [-0.2, 0) is 4.79 Å². The third-order valence-corrected chi connectivity index (χ3v) is 2.37. The number of aromatic nitrogens is 2. The fraction of sp³-hybridized carbons (Fsp3) is 0.500. The van der Waals surface area contributed by atoms with Crippen LogP contribution < -0.4 is 10.6 Å². The van der Waals surface area contributed by atoms with Crippen molar-refractivity contribution < 1.29 is 4.79 Å². The molecule has 2 rings (SSSR count). The summed E-state index contributed by atoms with van der Waals surface area (Å²) in [4.78, 5) is 21.6. The first-order chi connectivity index (χ1) is 7.06. The standard InChI is InChI=1S/C10H14N4O/c1-6-3-7(2)13-10(12-6)14-5-8(11)4-9(14)15/h3,8H,4-5,11H2,1-2H3. The minimum atomic E-state index is -0.0954. The molecule has 1 aromatic heterocycles. The van der Waals surface area contributed by atoms with E-state index >= 15 is 0 Å². The van der Waals surface area contributed by atoms with Crippen LogP contribution in [0.25, 0.3) is 0 Å². The van der Waals surface area contributed by atoms with E-state index < -0.39 is 0 Å². The van der Waals surface area contributed by atoms with Gasteiger partial charge in [-0.1, -0.05) is 0 Å². The molecule has 1 unspecified atom stereocenters. The molecular weight excluding hydrogens is 192 g/mol. The molecule has 5 heteroatoms. The maximum absolute atomic E-state index is 11.6. The smallest absolute Gasteiger partial charge is 0.232 e. The van der Waals surface area contributed by atoms with Crippen molar-refractivity contribution in [2.24, 2.45) is 5.73 Å². The number of hydrogen-bond donors (Lipinski definition) is 1. The maximum atomic E-state index is 11.6. The molecule has 5 nitrogen and oxygen atoms in total. The highest BCUT2D eigenvalue weighted by Crippen LogP contribution is 2.17. The number of amides is 1. The van der Waals surface area contributed by atoms with E-state index in [1.807, 2.05) is 19.9 Å². The summed E-state index contributed by atoms with van der Waals surface area (Å²) in [6.07, 6.45) is 0.385. The first kappa shape index (κ1) is 10.0. The van der Waals surface area contributed by atoms with Gasteiger partial charge in [0, 0.05) is 30.4 Å². The second-order valence-electron chi connectivity index (χ2n) is 3.92. The van der Waals surface area contributed by atoms with Crippen LogP contribution in [0.5, 0.6) is 0 Å². The third-order valence-electron chi connectivity index (χ3n) is 2.37. The highest BCUT2D eigenvalue weighted by Gasteiger charge is 2.29. The summed E-state index contributed by atoms with van der Waals surface area (Å²) in [7, 11) is 0. The van der Waals surface area contributed by atoms with Gasteiger partial charge in [0.2, 0.25) is 11.9 Å². The molecule has 2 N–H and O–H groups in total. The Morgan fingerprint density at radius 2 is 2.00 bits per heavy atom. The van der Waals surface area contributed by atoms with E-state index in [1.54, 1.807) is 4.90 Å². The number of carbonyl (C=O) groups excluding carboxylic acids is 1. The van der Waals surface area contributed by atoms with Gasteiger partial charge < -0.3 is 5.73 Å². The molecule has 1 aromatic rings. The van der Waals surface area contributed by atoms with E-state index in [4.69, 9.17) is 5.73 Å². The Kier molecular flexibility index (Phi) is 2.40. The van der Waals surface area contributed by atoms with Gasteiger partial charge in [-0.15, -0.1) is 0 Å². The zero-order valence-corrected chi connectivity index (χ0v) is 8.90. The Labute approximate surface area is 88.3 Å². The summed E-state index contributed by atoms with van der Waals surface area (Å²) in [5.41, 5.74) is 7.44. The zero-order valence-electron chi connectivity index (χ0n) is 8.90. The molecule has 2 heterocycles. The Balaban J connectivity index is 2.33. The fourth-order valence-corrected chi connectivity index (χ4v) is 1.76. The molecule has 0 spiro atoms. The Morgan fingerprint density at radius 3 is 2.47 bits per heavy atom. The fourth-order valence-electron chi connectivity index (χ4n) is 1.76. The van der Waals surface area contributed by atoms with Crippen LogP contribution in [0.15, 0.2) is 6.07 Å². The molecule has 1 atom stereocenters. The number of anilines is 1. The van der Waals surface area contributed by atoms with Gasteiger partial charge in [0.15, 0.2) is 0 Å². The molecule has 0 radical (unpaired) electrons. The van der Waals surface area contributed by atoms with E-state index in [9.17, 15) is 4.79 Å². The first-order valence-electron chi connectivity index (χ1n) is 4.94. The Bertz CT molecular complexity index is 384. The lowest BCUT2D eigenvalue weighted by Gasteiger charge is -2.14. The summed E-state index contributed by atoms with van der Waals surface area (Å²) >= 11 is 0. The van der Waals surface area contributed by atoms with Gasteiger partial charge >= 0.3 is 0 Å². The molecule has 1 aliphatic heterocycles. The molecule has 0 bridgehead atoms. The van der Waals surface area contributed by atoms with E-state index in [0.29, 0.717) is 18.9 Å². The van der Waals surface area contributed by atoms with Crippen molar-refractivity contribution in [2.75, 3.05) is 11.4 Å². The molecule has 0 saturated carbocycles. The molecular formula is C10H14N4O. The van der Waals surface area contributed by atoms with Gasteiger partial charge in [-0.05, 0) is 19.9 Å². The van der Waals surface area contributed by atoms with Crippen LogP contribution in [-0.4, -0.2) is 28.5 Å². The van der Waals surface area contributed by atoms with Crippen molar-refractivity contribution in [3.8, 4) is 0 Å². The topological polar surface area (TPSA) is 72.1 Å². The van der Waals surface area contributed by atoms with Gasteiger partial charge in [0.1, 0.15) is 0 Å². The average Bonchev–Trinajstić information content (AvgIpc) is 2.43. The van der Waals surface area contributed by atoms with Crippen molar-refractivity contribution in [2.45, 2.75) is 26.3 Å². The molecule has 0 aromatic carbocycles. The van der Waals surface area contributed by atoms with Crippen LogP contribution in [0.1, 0.15) is 17.8 Å². The number of rotatable bonds is 1. The number of hydrogen-bond acceptors (Lipinski definition) is 4. The summed E-state index contributed by atoms with van der Waals surface area (Å²) in [5.74, 6) is 0.484. The molecule has 1 saturated heterocycles. The predicted octanol–water partition coefficient (Wildman–Crippen LogP) is 0.157. The number of aryl methyl sites for hydroxylation is 2. The van der Waals surface area contributed by atoms with E-state index in [0.717, 1.165) is 11.4 Å². The number of nitrogens with two attached hydrogens (primary N) is 1. The molecule has 1 amide bonds. The molecule has 80 valence electrons. The molecule has 1 fully saturated rings. The van der Waals surface area contributed by atoms with Crippen molar-refractivity contribution in [3.63, 3.8) is 0 Å². The van der Waals surface area contributed by atoms with Crippen molar-refractivity contribution in [3.05, 3.63) is 17.5 Å². The summed E-state index contributed by atoms with van der Waals surface area (Å²) in [5, 5.41) is 0. The minimum absolute atomic E-state index is 0.00694. The predicted molar refractivity (Wildman–Crippen MR) is 56.5 cm³/mol. The molecule has 15 heavy (non-hydrogen) atoms. The van der Waals surface area contributed by atoms with Crippen molar-refractivity contribution >= 4 is 11.9 Å². The van der Waals surface area contributed by atoms with Gasteiger partial charge in [0.05, 0.1) is 0 Å². The zero-order chi connectivity index (χ0) is 11.0. The van der Waals surface area contributed by atoms with Crippen molar-refractivity contribution in [1.29, 1.82) is 0 Å². The summed E-state index contributed by atoms with van der Waals surface area (Å²) < 4.78 is 0. The van der Waals surface area contributed by atoms with Crippen LogP contribution in [0.3, 0.4) is 0 Å². The van der Waals surface area contributed by atoms with E-state index in [-0.39, 0.29) is 11.9 Å². The second kappa shape index (κ2) is 3.58. The van der Waals surface area contributed by atoms with Crippen LogP contribution in [0.4, 0.5) is 5.95 Å². The lowest BCUT2D eigenvalue weighted by molar-refractivity contribution is -0.117. The third kappa shape index (κ3) is 1.97. The Morgan fingerprint density at radius 1 is 1.40 bits per heavy atom. The average molecular weight is 206 g/mol. The van der Waals surface area contributed by atoms with Gasteiger partial charge in [0.25, 0.3) is 0 Å². The van der Waals surface area contributed by atoms with E-state index in [1.165, 1.54) is 0 Å². The number of nitrogens with zero attached hydrogens (tertiary/aromatic N) is 3. The number of carbonyl (C=O) groups is 1. The van der Waals surface area contributed by atoms with Gasteiger partial charge in [-0.2, -0.15) is 0 Å². The Hall–Kier alpha value is -1.49. The van der Waals surface area contributed by atoms with Gasteiger partial charge in [-0.3, -0.25) is 9.69 Å². The normalized spacial score (nSPS) is 21.1. The highest BCUT2D eigenvalue weighted by molar-refractivity contribution is 5.94. The molecule has 1 aliphatic rings. The lowest BCUT2D eigenvalue weighted by atomic mass is 10.3. The quantitative estimate of drug-likeness (QED) is 0.710. The van der Waals surface area contributed by atoms with E-state index in [2.05, 4.69) is 9.97 Å². The maximum Gasteiger partial charge on any atom is 0.232 e. The lowest BCUT2D eigenvalue weighted by Crippen LogP contribution is -2.29. The van der Waals surface area contributed by atoms with Gasteiger partial charge in [-0.25, -0.2) is 9.97 Å². The highest BCUT2D eigenvalue weighted by atomic mass is 16.2. The summed E-state index contributed by atoms with van der Waals surface area (Å²) in [6.45, 7) is 4.29. The first-order valence-corrected chi connectivity index (χ1v) is 4.94. The van der Waals surface area contributed by atoms with Crippen LogP contribution >= 0.6 is 0 Å².